The third-order valence-electron chi connectivity index (χ3n) is 3.36. The normalized spacial score (nSPS) is 19.8. The molecule has 5 nitrogen and oxygen atoms in total. The summed E-state index contributed by atoms with van der Waals surface area (Å²) in [4.78, 5) is 23.6. The molecule has 22 heavy (non-hydrogen) atoms. The Labute approximate surface area is 129 Å². The summed E-state index contributed by atoms with van der Waals surface area (Å²) in [6.45, 7) is 5.73. The molecule has 0 radical (unpaired) electrons. The molecule has 2 atom stereocenters. The Hall–Kier alpha value is -2.56. The van der Waals surface area contributed by atoms with Gasteiger partial charge < -0.3 is 14.2 Å². The summed E-state index contributed by atoms with van der Waals surface area (Å²) in [5.41, 5.74) is 1.09. The van der Waals surface area contributed by atoms with E-state index >= 15 is 0 Å². The van der Waals surface area contributed by atoms with Gasteiger partial charge in [-0.05, 0) is 18.6 Å². The van der Waals surface area contributed by atoms with Gasteiger partial charge >= 0.3 is 11.9 Å². The first-order valence-corrected chi connectivity index (χ1v) is 6.96. The minimum absolute atomic E-state index is 0.0757. The lowest BCUT2D eigenvalue weighted by molar-refractivity contribution is -0.143. The number of hydrogen-bond acceptors (Lipinski definition) is 5. The van der Waals surface area contributed by atoms with Gasteiger partial charge in [0.1, 0.15) is 6.10 Å². The van der Waals surface area contributed by atoms with Crippen molar-refractivity contribution < 1.29 is 23.8 Å². The summed E-state index contributed by atoms with van der Waals surface area (Å²) in [5, 5.41) is 0. The van der Waals surface area contributed by atoms with Gasteiger partial charge in [0, 0.05) is 5.92 Å². The molecular weight excluding hydrogens is 284 g/mol. The second kappa shape index (κ2) is 6.93. The van der Waals surface area contributed by atoms with Crippen molar-refractivity contribution in [3.05, 3.63) is 59.9 Å². The van der Waals surface area contributed by atoms with Crippen LogP contribution in [0.3, 0.4) is 0 Å². The number of esters is 2. The smallest absolute Gasteiger partial charge is 0.373 e. The Morgan fingerprint density at radius 3 is 2.55 bits per heavy atom. The number of benzene rings is 1. The zero-order valence-corrected chi connectivity index (χ0v) is 12.6. The molecule has 0 saturated carbocycles. The van der Waals surface area contributed by atoms with E-state index < -0.39 is 18.0 Å². The van der Waals surface area contributed by atoms with Crippen LogP contribution in [0.15, 0.2) is 54.3 Å². The van der Waals surface area contributed by atoms with Gasteiger partial charge in [-0.3, -0.25) is 0 Å². The quantitative estimate of drug-likeness (QED) is 0.617. The highest BCUT2D eigenvalue weighted by molar-refractivity contribution is 5.91. The Morgan fingerprint density at radius 2 is 1.95 bits per heavy atom. The van der Waals surface area contributed by atoms with Crippen LogP contribution in [0.5, 0.6) is 0 Å². The summed E-state index contributed by atoms with van der Waals surface area (Å²) < 4.78 is 15.2. The highest BCUT2D eigenvalue weighted by Gasteiger charge is 2.38. The van der Waals surface area contributed by atoms with Crippen LogP contribution in [0, 0.1) is 0 Å². The number of hydrogen-bond donors (Lipinski definition) is 0. The van der Waals surface area contributed by atoms with Gasteiger partial charge in [0.25, 0.3) is 0 Å². The monoisotopic (exact) mass is 302 g/mol. The van der Waals surface area contributed by atoms with E-state index in [0.717, 1.165) is 5.56 Å². The molecule has 116 valence electrons. The summed E-state index contributed by atoms with van der Waals surface area (Å²) in [6, 6.07) is 9.44. The fourth-order valence-electron chi connectivity index (χ4n) is 2.29. The molecule has 0 N–H and O–H groups in total. The van der Waals surface area contributed by atoms with Gasteiger partial charge in [0.2, 0.25) is 5.76 Å². The van der Waals surface area contributed by atoms with Crippen LogP contribution < -0.4 is 0 Å². The van der Waals surface area contributed by atoms with E-state index in [9.17, 15) is 9.59 Å². The number of methoxy groups -OCH3 is 1. The summed E-state index contributed by atoms with van der Waals surface area (Å²) in [5.74, 6) is -1.34. The van der Waals surface area contributed by atoms with Gasteiger partial charge in [0.15, 0.2) is 0 Å². The lowest BCUT2D eigenvalue weighted by Crippen LogP contribution is -2.25. The summed E-state index contributed by atoms with van der Waals surface area (Å²) in [7, 11) is 1.28. The van der Waals surface area contributed by atoms with Crippen molar-refractivity contribution in [2.45, 2.75) is 18.9 Å². The molecule has 0 aromatic heterocycles. The van der Waals surface area contributed by atoms with Crippen molar-refractivity contribution in [2.24, 2.45) is 0 Å². The molecule has 0 aliphatic carbocycles. The molecular formula is C17H18O5. The third-order valence-corrected chi connectivity index (χ3v) is 3.36. The van der Waals surface area contributed by atoms with E-state index in [1.54, 1.807) is 13.0 Å². The highest BCUT2D eigenvalue weighted by atomic mass is 16.6. The SMILES string of the molecule is C=C(C(=O)OCC)[C@H]1OC(C(=O)OC)=C[C@@H]1c1ccccc1. The molecule has 1 aromatic rings. The topological polar surface area (TPSA) is 61.8 Å². The van der Waals surface area contributed by atoms with Crippen LogP contribution in [-0.2, 0) is 23.8 Å². The Morgan fingerprint density at radius 1 is 1.27 bits per heavy atom. The third kappa shape index (κ3) is 3.19. The maximum Gasteiger partial charge on any atom is 0.373 e. The molecule has 0 spiro atoms. The molecule has 0 saturated heterocycles. The van der Waals surface area contributed by atoms with Crippen molar-refractivity contribution in [3.8, 4) is 0 Å². The summed E-state index contributed by atoms with van der Waals surface area (Å²) >= 11 is 0. The van der Waals surface area contributed by atoms with Crippen LogP contribution in [0.1, 0.15) is 18.4 Å². The van der Waals surface area contributed by atoms with Crippen LogP contribution in [-0.4, -0.2) is 31.8 Å². The minimum Gasteiger partial charge on any atom is -0.477 e. The lowest BCUT2D eigenvalue weighted by Gasteiger charge is -2.20. The molecule has 5 heteroatoms. The fraction of sp³-hybridized carbons (Fsp3) is 0.294. The number of carbonyl (C=O) groups excluding carboxylic acids is 2. The molecule has 0 fully saturated rings. The van der Waals surface area contributed by atoms with Crippen molar-refractivity contribution in [1.29, 1.82) is 0 Å². The van der Waals surface area contributed by atoms with Gasteiger partial charge in [0.05, 0.1) is 19.3 Å². The maximum atomic E-state index is 11.9. The second-order valence-corrected chi connectivity index (χ2v) is 4.74. The fourth-order valence-corrected chi connectivity index (χ4v) is 2.29. The molecule has 2 rings (SSSR count). The molecule has 1 aliphatic rings. The Balaban J connectivity index is 2.30. The van der Waals surface area contributed by atoms with E-state index in [-0.39, 0.29) is 23.9 Å². The van der Waals surface area contributed by atoms with Gasteiger partial charge in [-0.1, -0.05) is 36.9 Å². The predicted molar refractivity (Wildman–Crippen MR) is 79.9 cm³/mol. The van der Waals surface area contributed by atoms with E-state index in [2.05, 4.69) is 11.3 Å². The molecule has 0 amide bonds. The van der Waals surface area contributed by atoms with E-state index in [1.165, 1.54) is 7.11 Å². The first-order valence-electron chi connectivity index (χ1n) is 6.96. The molecule has 1 heterocycles. The highest BCUT2D eigenvalue weighted by Crippen LogP contribution is 2.36. The number of carbonyl (C=O) groups is 2. The molecule has 0 unspecified atom stereocenters. The standard InChI is InChI=1S/C17H18O5/c1-4-21-16(18)11(2)15-13(12-8-6-5-7-9-12)10-14(22-15)17(19)20-3/h5-10,13,15H,2,4H2,1,3H3/t13-,15-/m1/s1. The van der Waals surface area contributed by atoms with Crippen molar-refractivity contribution >= 4 is 11.9 Å². The Kier molecular flexibility index (Phi) is 4.99. The van der Waals surface area contributed by atoms with E-state index in [1.807, 2.05) is 30.3 Å². The van der Waals surface area contributed by atoms with Crippen molar-refractivity contribution in [3.63, 3.8) is 0 Å². The maximum absolute atomic E-state index is 11.9. The van der Waals surface area contributed by atoms with E-state index in [4.69, 9.17) is 9.47 Å². The van der Waals surface area contributed by atoms with Crippen LogP contribution in [0.4, 0.5) is 0 Å². The average molecular weight is 302 g/mol. The number of rotatable bonds is 5. The zero-order valence-electron chi connectivity index (χ0n) is 12.6. The van der Waals surface area contributed by atoms with Crippen molar-refractivity contribution in [1.82, 2.24) is 0 Å². The molecule has 1 aromatic carbocycles. The van der Waals surface area contributed by atoms with Gasteiger partial charge in [-0.25, -0.2) is 9.59 Å². The van der Waals surface area contributed by atoms with Gasteiger partial charge in [-0.15, -0.1) is 0 Å². The van der Waals surface area contributed by atoms with Gasteiger partial charge in [-0.2, -0.15) is 0 Å². The van der Waals surface area contributed by atoms with Crippen LogP contribution in [0.25, 0.3) is 0 Å². The van der Waals surface area contributed by atoms with Crippen molar-refractivity contribution in [2.75, 3.05) is 13.7 Å². The van der Waals surface area contributed by atoms with Crippen LogP contribution in [0.2, 0.25) is 0 Å². The second-order valence-electron chi connectivity index (χ2n) is 4.74. The minimum atomic E-state index is -0.685. The first-order chi connectivity index (χ1) is 10.6. The Bertz CT molecular complexity index is 603. The van der Waals surface area contributed by atoms with Crippen LogP contribution >= 0.6 is 0 Å². The average Bonchev–Trinajstić information content (AvgIpc) is 2.99. The van der Waals surface area contributed by atoms with E-state index in [0.29, 0.717) is 0 Å². The first kappa shape index (κ1) is 15.8. The molecule has 0 bridgehead atoms. The summed E-state index contributed by atoms with van der Waals surface area (Å²) in [6.07, 6.45) is 0.964. The largest absolute Gasteiger partial charge is 0.477 e. The zero-order chi connectivity index (χ0) is 16.1. The lowest BCUT2D eigenvalue weighted by atomic mass is 9.90. The number of ether oxygens (including phenoxy) is 3. The molecule has 1 aliphatic heterocycles. The predicted octanol–water partition coefficient (Wildman–Crippen LogP) is 2.35.